The Hall–Kier alpha value is -7.55. The van der Waals surface area contributed by atoms with Gasteiger partial charge in [-0.2, -0.15) is 0 Å². The van der Waals surface area contributed by atoms with Gasteiger partial charge in [0.25, 0.3) is 0 Å². The van der Waals surface area contributed by atoms with Crippen molar-refractivity contribution < 1.29 is 84.1 Å². The van der Waals surface area contributed by atoms with E-state index in [4.69, 9.17) is 83.4 Å². The Morgan fingerprint density at radius 1 is 0.495 bits per heavy atom. The summed E-state index contributed by atoms with van der Waals surface area (Å²) in [7, 11) is 0. The van der Waals surface area contributed by atoms with Gasteiger partial charge in [-0.3, -0.25) is 19.2 Å². The molecule has 20 heteroatoms. The van der Waals surface area contributed by atoms with Crippen LogP contribution in [0.1, 0.15) is 228 Å². The van der Waals surface area contributed by atoms with Gasteiger partial charge in [-0.1, -0.05) is 193 Å². The van der Waals surface area contributed by atoms with Crippen molar-refractivity contribution in [3.8, 4) is 52.9 Å². The summed E-state index contributed by atoms with van der Waals surface area (Å²) in [6.07, 6.45) is 25.4. The molecule has 5 aromatic rings. The van der Waals surface area contributed by atoms with Gasteiger partial charge < -0.3 is 60.2 Å². The minimum Gasteiger partial charge on any atom is -0.508 e. The highest BCUT2D eigenvalue weighted by molar-refractivity contribution is 9.10. The van der Waals surface area contributed by atoms with Gasteiger partial charge >= 0.3 is 29.8 Å². The molecule has 5 aromatic carbocycles. The van der Waals surface area contributed by atoms with Crippen molar-refractivity contribution in [1.82, 2.24) is 0 Å². The van der Waals surface area contributed by atoms with Crippen LogP contribution in [0.5, 0.6) is 28.7 Å². The molecule has 4 aliphatic carbocycles. The van der Waals surface area contributed by atoms with Gasteiger partial charge in [0.1, 0.15) is 55.2 Å². The Labute approximate surface area is 661 Å². The number of halogens is 3. The molecule has 9 N–H and O–H groups in total. The van der Waals surface area contributed by atoms with Crippen molar-refractivity contribution in [3.63, 3.8) is 0 Å². The van der Waals surface area contributed by atoms with Crippen molar-refractivity contribution in [2.24, 2.45) is 47.3 Å². The maximum absolute atomic E-state index is 12.5. The SMILES string of the molecule is C.C#CCO.C=CC(=O)OCc1ccc(OC(=O)C2CCC(C3CCC(C)CC3)CC2)cc1.CC.CC.CC.CC.CC.CC1CCC(C2CCC(C(=O)O)CC2)CC1.O=C(CCCl)OCc1ccc(O)cc1.O=C(O)CCCl.OCC#Cc1ccc(O)cc1.OCc1ccc(O)cc1.Oc1ccc(Br)cc1. The molecule has 0 saturated heterocycles. The monoisotopic (exact) mass is 1600 g/mol. The summed E-state index contributed by atoms with van der Waals surface area (Å²) >= 11 is 13.6. The van der Waals surface area contributed by atoms with Crippen LogP contribution in [0.25, 0.3) is 0 Å². The first-order valence-electron chi connectivity index (χ1n) is 37.4. The van der Waals surface area contributed by atoms with Crippen LogP contribution >= 0.6 is 39.1 Å². The van der Waals surface area contributed by atoms with E-state index < -0.39 is 17.9 Å². The Bertz CT molecular complexity index is 3040. The lowest BCUT2D eigenvalue weighted by Gasteiger charge is -2.36. The molecule has 107 heavy (non-hydrogen) atoms. The fourth-order valence-corrected chi connectivity index (χ4v) is 11.5. The Morgan fingerprint density at radius 2 is 0.832 bits per heavy atom. The number of terminal acetylenes is 1. The molecule has 9 rings (SSSR count). The number of rotatable bonds is 15. The summed E-state index contributed by atoms with van der Waals surface area (Å²) in [4.78, 5) is 55.0. The van der Waals surface area contributed by atoms with E-state index in [9.17, 15) is 24.0 Å². The summed E-state index contributed by atoms with van der Waals surface area (Å²) in [6, 6.07) is 33.4. The van der Waals surface area contributed by atoms with Crippen LogP contribution in [-0.4, -0.2) is 101 Å². The fourth-order valence-electron chi connectivity index (χ4n) is 11.0. The number of hydrogen-bond acceptors (Lipinski definition) is 15. The molecule has 0 aliphatic heterocycles. The number of phenolic OH excluding ortho intramolecular Hbond substituents is 4. The molecule has 0 spiro atoms. The summed E-state index contributed by atoms with van der Waals surface area (Å²) in [5, 5.41) is 76.7. The van der Waals surface area contributed by atoms with Crippen molar-refractivity contribution in [2.45, 2.75) is 226 Å². The Morgan fingerprint density at radius 3 is 1.15 bits per heavy atom. The number of carboxylic acid groups (broad SMARTS) is 2. The number of ether oxygens (including phenoxy) is 3. The number of carboxylic acids is 2. The third kappa shape index (κ3) is 56.4. The van der Waals surface area contributed by atoms with Crippen LogP contribution in [0.2, 0.25) is 0 Å². The number of hydrogen-bond donors (Lipinski definition) is 9. The molecule has 4 saturated carbocycles. The third-order valence-electron chi connectivity index (χ3n) is 16.5. The molecule has 0 atom stereocenters. The molecule has 4 fully saturated rings. The molecule has 0 amide bonds. The number of aromatic hydroxyl groups is 4. The highest BCUT2D eigenvalue weighted by Gasteiger charge is 2.34. The van der Waals surface area contributed by atoms with Crippen molar-refractivity contribution in [3.05, 3.63) is 161 Å². The van der Waals surface area contributed by atoms with E-state index in [0.29, 0.717) is 11.5 Å². The van der Waals surface area contributed by atoms with Crippen molar-refractivity contribution in [1.29, 1.82) is 0 Å². The number of benzene rings is 5. The van der Waals surface area contributed by atoms with Crippen LogP contribution in [0.3, 0.4) is 0 Å². The molecular formula is C87H131BrCl2O17. The molecule has 0 unspecified atom stereocenters. The Balaban J connectivity index is -0.000000384. The fraction of sp³-hybridized carbons (Fsp3) is 0.529. The Kier molecular flexibility index (Phi) is 73.4. The smallest absolute Gasteiger partial charge is 0.330 e. The number of esters is 3. The number of phenols is 4. The first-order chi connectivity index (χ1) is 51.1. The molecule has 17 nitrogen and oxygen atoms in total. The van der Waals surface area contributed by atoms with Crippen molar-refractivity contribution >= 4 is 69.0 Å². The lowest BCUT2D eigenvalue weighted by Crippen LogP contribution is -2.29. The summed E-state index contributed by atoms with van der Waals surface area (Å²) < 4.78 is 16.5. The molecule has 0 aromatic heterocycles. The second-order valence-corrected chi connectivity index (χ2v) is 25.4. The van der Waals surface area contributed by atoms with E-state index in [1.165, 1.54) is 51.4 Å². The first kappa shape index (κ1) is 108. The second kappa shape index (κ2) is 72.6. The number of aliphatic hydroxyl groups is 3. The number of alkyl halides is 2. The predicted molar refractivity (Wildman–Crippen MR) is 440 cm³/mol. The highest BCUT2D eigenvalue weighted by atomic mass is 79.9. The summed E-state index contributed by atoms with van der Waals surface area (Å²) in [5.74, 6) is 12.1. The van der Waals surface area contributed by atoms with Crippen molar-refractivity contribution in [2.75, 3.05) is 25.0 Å². The van der Waals surface area contributed by atoms with E-state index in [-0.39, 0.29) is 106 Å². The minimum atomic E-state index is -0.843. The third-order valence-corrected chi connectivity index (χ3v) is 17.4. The van der Waals surface area contributed by atoms with Gasteiger partial charge in [0.2, 0.25) is 0 Å². The number of carbonyl (C=O) groups is 5. The molecular weight excluding hydrogens is 1470 g/mol. The summed E-state index contributed by atoms with van der Waals surface area (Å²) in [6.45, 7) is 28.2. The highest BCUT2D eigenvalue weighted by Crippen LogP contribution is 2.43. The van der Waals surface area contributed by atoms with Crippen LogP contribution in [-0.2, 0) is 53.3 Å². The number of aliphatic hydroxyl groups excluding tert-OH is 3. The standard InChI is InChI=1S/C24H32O4.C14H24O2.C10H11ClO3.C9H8O2.C7H8O2.C6H5BrO.C3H5ClO2.C3H4O.5C2H6.CH4/c1-3-23(25)27-16-18-6-14-22(15-7-18)28-24(26)21-12-10-20(11-13-21)19-8-4-17(2)5-9-19;1-10-2-4-11(5-3-10)12-6-8-13(9-7-12)14(15)16;11-6-5-10(13)14-7-8-1-3-9(12)4-2-8;10-7-1-2-8-3-5-9(11)6-4-8;8-5-6-1-3-7(9)4-2-6;7-5-1-3-6(8)4-2-5;4-2-1-3(5)6;1-2-3-4;5*1-2;/h3,6-7,14-15,17,19-21H,1,4-5,8-13,16H2,2H3;10-13H,2-9H2,1H3,(H,15,16);1-4,12H,5-7H2;3-6,10-11H,7H2;1-4,8-9H,5H2;1-4,8H;1-2H2,(H,5,6);1,4H,3H2;5*1-2H3;1H4. The average Bonchev–Trinajstić information content (AvgIpc) is 0.852. The average molecular weight is 1600 g/mol. The minimum absolute atomic E-state index is 0. The normalized spacial score (nSPS) is 17.8. The van der Waals surface area contributed by atoms with Gasteiger partial charge in [-0.25, -0.2) is 4.79 Å². The van der Waals surface area contributed by atoms with E-state index in [1.807, 2.05) is 75.2 Å². The quantitative estimate of drug-likeness (QED) is 0.0155. The lowest BCUT2D eigenvalue weighted by molar-refractivity contribution is -0.145. The summed E-state index contributed by atoms with van der Waals surface area (Å²) in [5.41, 5.74) is 3.28. The van der Waals surface area contributed by atoms with E-state index >= 15 is 0 Å². The van der Waals surface area contributed by atoms with Gasteiger partial charge in [-0.05, 0) is 214 Å². The topological polar surface area (TPSA) is 295 Å². The molecule has 0 radical (unpaired) electrons. The van der Waals surface area contributed by atoms with Crippen LogP contribution < -0.4 is 4.74 Å². The maximum Gasteiger partial charge on any atom is 0.330 e. The number of carbonyl (C=O) groups excluding carboxylic acids is 3. The molecule has 0 heterocycles. The van der Waals surface area contributed by atoms with Gasteiger partial charge in [0.15, 0.2) is 0 Å². The van der Waals surface area contributed by atoms with Gasteiger partial charge in [-0.15, -0.1) is 29.6 Å². The zero-order chi connectivity index (χ0) is 81.0. The largest absolute Gasteiger partial charge is 0.508 e. The van der Waals surface area contributed by atoms with E-state index in [2.05, 4.69) is 54.6 Å². The second-order valence-electron chi connectivity index (χ2n) is 23.7. The van der Waals surface area contributed by atoms with Gasteiger partial charge in [0.05, 0.1) is 31.3 Å². The van der Waals surface area contributed by atoms with E-state index in [0.717, 1.165) is 120 Å². The van der Waals surface area contributed by atoms with Crippen LogP contribution in [0, 0.1) is 71.5 Å². The molecule has 4 aliphatic rings. The molecule has 0 bridgehead atoms. The van der Waals surface area contributed by atoms with E-state index in [1.54, 1.807) is 121 Å². The lowest BCUT2D eigenvalue weighted by atomic mass is 9.69. The molecule has 602 valence electrons. The van der Waals surface area contributed by atoms with Gasteiger partial charge in [0, 0.05) is 27.9 Å². The van der Waals surface area contributed by atoms with Crippen LogP contribution in [0.4, 0.5) is 0 Å². The predicted octanol–water partition coefficient (Wildman–Crippen LogP) is 21.1. The maximum atomic E-state index is 12.5. The zero-order valence-corrected chi connectivity index (χ0v) is 68.2. The zero-order valence-electron chi connectivity index (χ0n) is 65.1. The number of aliphatic carboxylic acids is 2. The first-order valence-corrected chi connectivity index (χ1v) is 39.3. The van der Waals surface area contributed by atoms with Crippen LogP contribution in [0.15, 0.2) is 138 Å².